The van der Waals surface area contributed by atoms with Gasteiger partial charge in [0.2, 0.25) is 0 Å². The first-order valence-corrected chi connectivity index (χ1v) is 4.02. The van der Waals surface area contributed by atoms with Gasteiger partial charge in [-0.2, -0.15) is 0 Å². The van der Waals surface area contributed by atoms with Gasteiger partial charge in [0.25, 0.3) is 0 Å². The minimum absolute atomic E-state index is 0.0944. The first kappa shape index (κ1) is 7.53. The Morgan fingerprint density at radius 2 is 1.64 bits per heavy atom. The molecule has 0 N–H and O–H groups in total. The second kappa shape index (κ2) is 2.44. The molecule has 2 heterocycles. The third-order valence-corrected chi connectivity index (χ3v) is 1.94. The van der Waals surface area contributed by atoms with Gasteiger partial charge in [-0.1, -0.05) is 13.8 Å². The van der Waals surface area contributed by atoms with E-state index < -0.39 is 0 Å². The van der Waals surface area contributed by atoms with Crippen LogP contribution in [0.2, 0.25) is 0 Å². The molecule has 0 spiro atoms. The molecule has 11 heavy (non-hydrogen) atoms. The standard InChI is InChI=1S/C8H14O3/c1-8(2)4-10-7(11-5-8)6-3-9-6/h6-7H,3-5H2,1-2H3/t6-/m0/s1. The van der Waals surface area contributed by atoms with Crippen LogP contribution in [0.5, 0.6) is 0 Å². The van der Waals surface area contributed by atoms with E-state index in [1.54, 1.807) is 0 Å². The monoisotopic (exact) mass is 158 g/mol. The summed E-state index contributed by atoms with van der Waals surface area (Å²) in [6, 6.07) is 0. The van der Waals surface area contributed by atoms with Crippen molar-refractivity contribution in [2.45, 2.75) is 26.2 Å². The molecule has 2 aliphatic heterocycles. The van der Waals surface area contributed by atoms with Crippen molar-refractivity contribution in [3.05, 3.63) is 0 Å². The molecule has 0 aromatic rings. The van der Waals surface area contributed by atoms with Crippen LogP contribution in [-0.2, 0) is 14.2 Å². The SMILES string of the molecule is CC1(C)COC([C@@H]2CO2)OC1. The van der Waals surface area contributed by atoms with Gasteiger partial charge in [-0.3, -0.25) is 0 Å². The second-order valence-electron chi connectivity index (χ2n) is 4.03. The molecule has 0 aromatic carbocycles. The van der Waals surface area contributed by atoms with Gasteiger partial charge >= 0.3 is 0 Å². The lowest BCUT2D eigenvalue weighted by Crippen LogP contribution is -2.40. The molecule has 3 heteroatoms. The van der Waals surface area contributed by atoms with Crippen LogP contribution in [-0.4, -0.2) is 32.2 Å². The minimum Gasteiger partial charge on any atom is -0.368 e. The van der Waals surface area contributed by atoms with Gasteiger partial charge in [0.05, 0.1) is 19.8 Å². The number of hydrogen-bond donors (Lipinski definition) is 0. The maximum absolute atomic E-state index is 5.47. The van der Waals surface area contributed by atoms with Crippen LogP contribution in [0.4, 0.5) is 0 Å². The zero-order valence-corrected chi connectivity index (χ0v) is 7.00. The van der Waals surface area contributed by atoms with Crippen molar-refractivity contribution >= 4 is 0 Å². The Bertz CT molecular complexity index is 141. The molecule has 2 saturated heterocycles. The van der Waals surface area contributed by atoms with E-state index in [2.05, 4.69) is 13.8 Å². The zero-order valence-electron chi connectivity index (χ0n) is 7.00. The normalized spacial score (nSPS) is 37.1. The smallest absolute Gasteiger partial charge is 0.185 e. The predicted octanol–water partition coefficient (Wildman–Crippen LogP) is 0.784. The van der Waals surface area contributed by atoms with Crippen LogP contribution in [0.25, 0.3) is 0 Å². The molecule has 0 amide bonds. The average Bonchev–Trinajstić information content (AvgIpc) is 2.70. The zero-order chi connectivity index (χ0) is 7.90. The Balaban J connectivity index is 1.84. The molecule has 2 rings (SSSR count). The fourth-order valence-corrected chi connectivity index (χ4v) is 1.13. The summed E-state index contributed by atoms with van der Waals surface area (Å²) in [5.74, 6) is 0. The van der Waals surface area contributed by atoms with Gasteiger partial charge in [-0.15, -0.1) is 0 Å². The van der Waals surface area contributed by atoms with Crippen LogP contribution in [0.3, 0.4) is 0 Å². The Morgan fingerprint density at radius 3 is 2.09 bits per heavy atom. The molecule has 0 saturated carbocycles. The summed E-state index contributed by atoms with van der Waals surface area (Å²) in [7, 11) is 0. The molecule has 1 atom stereocenters. The van der Waals surface area contributed by atoms with Crippen molar-refractivity contribution in [2.24, 2.45) is 5.41 Å². The summed E-state index contributed by atoms with van der Waals surface area (Å²) < 4.78 is 16.0. The molecule has 0 aliphatic carbocycles. The van der Waals surface area contributed by atoms with E-state index in [9.17, 15) is 0 Å². The van der Waals surface area contributed by atoms with Gasteiger partial charge < -0.3 is 14.2 Å². The number of epoxide rings is 1. The molecular formula is C8H14O3. The fourth-order valence-electron chi connectivity index (χ4n) is 1.13. The molecule has 3 nitrogen and oxygen atoms in total. The minimum atomic E-state index is -0.0944. The van der Waals surface area contributed by atoms with Gasteiger partial charge in [-0.05, 0) is 0 Å². The summed E-state index contributed by atoms with van der Waals surface area (Å²) in [6.45, 7) is 6.62. The third-order valence-electron chi connectivity index (χ3n) is 1.94. The molecule has 0 unspecified atom stereocenters. The highest BCUT2D eigenvalue weighted by molar-refractivity contribution is 4.79. The third kappa shape index (κ3) is 1.72. The quantitative estimate of drug-likeness (QED) is 0.528. The van der Waals surface area contributed by atoms with Crippen LogP contribution in [0.1, 0.15) is 13.8 Å². The molecule has 2 aliphatic rings. The van der Waals surface area contributed by atoms with Crippen molar-refractivity contribution in [3.63, 3.8) is 0 Å². The van der Waals surface area contributed by atoms with Gasteiger partial charge in [-0.25, -0.2) is 0 Å². The van der Waals surface area contributed by atoms with E-state index in [-0.39, 0.29) is 17.8 Å². The highest BCUT2D eigenvalue weighted by Gasteiger charge is 2.39. The Kier molecular flexibility index (Phi) is 1.67. The lowest BCUT2D eigenvalue weighted by atomic mass is 9.95. The van der Waals surface area contributed by atoms with E-state index in [0.717, 1.165) is 19.8 Å². The van der Waals surface area contributed by atoms with Crippen LogP contribution in [0.15, 0.2) is 0 Å². The first-order valence-electron chi connectivity index (χ1n) is 4.02. The molecule has 2 fully saturated rings. The number of ether oxygens (including phenoxy) is 3. The Hall–Kier alpha value is -0.120. The first-order chi connectivity index (χ1) is 5.17. The van der Waals surface area contributed by atoms with Crippen LogP contribution < -0.4 is 0 Å². The van der Waals surface area contributed by atoms with Gasteiger partial charge in [0, 0.05) is 5.41 Å². The van der Waals surface area contributed by atoms with E-state index in [0.29, 0.717) is 0 Å². The highest BCUT2D eigenvalue weighted by atomic mass is 16.7. The van der Waals surface area contributed by atoms with Crippen molar-refractivity contribution in [1.29, 1.82) is 0 Å². The summed E-state index contributed by atoms with van der Waals surface area (Å²) in [6.07, 6.45) is 0.120. The summed E-state index contributed by atoms with van der Waals surface area (Å²) >= 11 is 0. The fraction of sp³-hybridized carbons (Fsp3) is 1.00. The summed E-state index contributed by atoms with van der Waals surface area (Å²) in [5, 5.41) is 0. The number of hydrogen-bond acceptors (Lipinski definition) is 3. The Labute approximate surface area is 66.6 Å². The number of rotatable bonds is 1. The van der Waals surface area contributed by atoms with E-state index in [1.807, 2.05) is 0 Å². The maximum Gasteiger partial charge on any atom is 0.185 e. The van der Waals surface area contributed by atoms with Crippen molar-refractivity contribution in [3.8, 4) is 0 Å². The Morgan fingerprint density at radius 1 is 1.09 bits per heavy atom. The summed E-state index contributed by atoms with van der Waals surface area (Å²) in [5.41, 5.74) is 0.172. The average molecular weight is 158 g/mol. The van der Waals surface area contributed by atoms with E-state index in [4.69, 9.17) is 14.2 Å². The summed E-state index contributed by atoms with van der Waals surface area (Å²) in [4.78, 5) is 0. The largest absolute Gasteiger partial charge is 0.368 e. The van der Waals surface area contributed by atoms with Crippen molar-refractivity contribution in [1.82, 2.24) is 0 Å². The maximum atomic E-state index is 5.47. The van der Waals surface area contributed by atoms with Crippen molar-refractivity contribution < 1.29 is 14.2 Å². The topological polar surface area (TPSA) is 31.0 Å². The highest BCUT2D eigenvalue weighted by Crippen LogP contribution is 2.28. The van der Waals surface area contributed by atoms with Crippen LogP contribution >= 0.6 is 0 Å². The molecule has 64 valence electrons. The van der Waals surface area contributed by atoms with Gasteiger partial charge in [0.15, 0.2) is 6.29 Å². The molecule has 0 aromatic heterocycles. The molecule has 0 bridgehead atoms. The molecular weight excluding hydrogens is 144 g/mol. The lowest BCUT2D eigenvalue weighted by Gasteiger charge is -2.33. The lowest BCUT2D eigenvalue weighted by molar-refractivity contribution is -0.228. The predicted molar refractivity (Wildman–Crippen MR) is 39.2 cm³/mol. The van der Waals surface area contributed by atoms with E-state index in [1.165, 1.54) is 0 Å². The van der Waals surface area contributed by atoms with E-state index >= 15 is 0 Å². The molecule has 0 radical (unpaired) electrons. The van der Waals surface area contributed by atoms with Gasteiger partial charge in [0.1, 0.15) is 6.10 Å². The van der Waals surface area contributed by atoms with Crippen molar-refractivity contribution in [2.75, 3.05) is 19.8 Å². The van der Waals surface area contributed by atoms with Crippen LogP contribution in [0, 0.1) is 5.41 Å². The second-order valence-corrected chi connectivity index (χ2v) is 4.03.